The zero-order valence-electron chi connectivity index (χ0n) is 11.7. The number of nitrogens with zero attached hydrogens (tertiary/aromatic N) is 1. The Balaban J connectivity index is 2.56. The molecule has 1 saturated carbocycles. The van der Waals surface area contributed by atoms with Crippen molar-refractivity contribution < 1.29 is 0 Å². The molecule has 0 spiro atoms. The molecule has 1 aliphatic rings. The molecule has 19 heavy (non-hydrogen) atoms. The van der Waals surface area contributed by atoms with Crippen molar-refractivity contribution in [3.8, 4) is 0 Å². The van der Waals surface area contributed by atoms with Crippen LogP contribution < -0.4 is 11.3 Å². The maximum Gasteiger partial charge on any atom is 0.261 e. The van der Waals surface area contributed by atoms with E-state index in [0.29, 0.717) is 17.5 Å². The highest BCUT2D eigenvalue weighted by Gasteiger charge is 2.21. The predicted molar refractivity (Wildman–Crippen MR) is 82.8 cm³/mol. The lowest BCUT2D eigenvalue weighted by molar-refractivity contribution is 0.336. The zero-order chi connectivity index (χ0) is 14.0. The molecule has 0 aromatic carbocycles. The molecule has 1 fully saturated rings. The molecule has 0 radical (unpaired) electrons. The van der Waals surface area contributed by atoms with Crippen LogP contribution in [0.25, 0.3) is 0 Å². The van der Waals surface area contributed by atoms with Gasteiger partial charge in [0.05, 0.1) is 5.56 Å². The van der Waals surface area contributed by atoms with Gasteiger partial charge in [0, 0.05) is 11.7 Å². The number of nitrogens with two attached hydrogens (primary N) is 1. The van der Waals surface area contributed by atoms with Gasteiger partial charge in [-0.05, 0) is 30.9 Å². The fraction of sp³-hybridized carbons (Fsp3) is 0.600. The van der Waals surface area contributed by atoms with E-state index in [9.17, 15) is 4.79 Å². The van der Waals surface area contributed by atoms with E-state index in [1.165, 1.54) is 19.3 Å². The molecule has 104 valence electrons. The molecule has 1 aromatic heterocycles. The van der Waals surface area contributed by atoms with Crippen molar-refractivity contribution in [3.05, 3.63) is 33.7 Å². The lowest BCUT2D eigenvalue weighted by Gasteiger charge is -2.28. The normalized spacial score (nSPS) is 16.8. The van der Waals surface area contributed by atoms with Gasteiger partial charge in [0.1, 0.15) is 4.99 Å². The molecule has 0 unspecified atom stereocenters. The smallest absolute Gasteiger partial charge is 0.261 e. The van der Waals surface area contributed by atoms with Gasteiger partial charge in [0.2, 0.25) is 0 Å². The Morgan fingerprint density at radius 3 is 2.47 bits per heavy atom. The summed E-state index contributed by atoms with van der Waals surface area (Å²) in [6.07, 6.45) is 5.84. The summed E-state index contributed by atoms with van der Waals surface area (Å²) in [4.78, 5) is 12.8. The quantitative estimate of drug-likeness (QED) is 0.864. The molecule has 1 heterocycles. The number of thiocarbonyl (C=S) groups is 1. The van der Waals surface area contributed by atoms with Crippen LogP contribution in [-0.2, 0) is 0 Å². The van der Waals surface area contributed by atoms with Crippen LogP contribution in [0.5, 0.6) is 0 Å². The number of pyridine rings is 1. The average Bonchev–Trinajstić information content (AvgIpc) is 2.38. The van der Waals surface area contributed by atoms with E-state index < -0.39 is 0 Å². The summed E-state index contributed by atoms with van der Waals surface area (Å²) >= 11 is 4.98. The molecule has 3 nitrogen and oxygen atoms in total. The lowest BCUT2D eigenvalue weighted by atomic mass is 9.93. The fourth-order valence-corrected chi connectivity index (χ4v) is 3.10. The van der Waals surface area contributed by atoms with Crippen LogP contribution in [0.2, 0.25) is 0 Å². The minimum atomic E-state index is -0.00870. The van der Waals surface area contributed by atoms with E-state index in [1.807, 2.05) is 10.6 Å². The largest absolute Gasteiger partial charge is 0.389 e. The van der Waals surface area contributed by atoms with Crippen LogP contribution in [-0.4, -0.2) is 9.56 Å². The van der Waals surface area contributed by atoms with E-state index >= 15 is 0 Å². The molecule has 4 heteroatoms. The molecule has 0 bridgehead atoms. The molecule has 2 N–H and O–H groups in total. The average molecular weight is 278 g/mol. The Hall–Kier alpha value is -1.16. The minimum absolute atomic E-state index is 0.00870. The summed E-state index contributed by atoms with van der Waals surface area (Å²) in [5, 5.41) is 0. The molecule has 0 atom stereocenters. The van der Waals surface area contributed by atoms with Gasteiger partial charge in [-0.25, -0.2) is 0 Å². The summed E-state index contributed by atoms with van der Waals surface area (Å²) in [6.45, 7) is 4.24. The first-order chi connectivity index (χ1) is 9.02. The monoisotopic (exact) mass is 278 g/mol. The molecular formula is C15H22N2OS. The van der Waals surface area contributed by atoms with Crippen molar-refractivity contribution in [3.63, 3.8) is 0 Å². The molecule has 0 saturated heterocycles. The Labute approximate surface area is 119 Å². The maximum atomic E-state index is 12.6. The van der Waals surface area contributed by atoms with Crippen LogP contribution in [0.15, 0.2) is 16.9 Å². The second-order valence-electron chi connectivity index (χ2n) is 5.66. The van der Waals surface area contributed by atoms with Gasteiger partial charge >= 0.3 is 0 Å². The fourth-order valence-electron chi connectivity index (χ4n) is 2.94. The summed E-state index contributed by atoms with van der Waals surface area (Å²) in [6, 6.07) is 4.10. The van der Waals surface area contributed by atoms with Gasteiger partial charge in [-0.1, -0.05) is 45.3 Å². The van der Waals surface area contributed by atoms with E-state index in [0.717, 1.165) is 18.5 Å². The number of hydrogen-bond acceptors (Lipinski definition) is 2. The highest BCUT2D eigenvalue weighted by molar-refractivity contribution is 7.80. The van der Waals surface area contributed by atoms with Crippen molar-refractivity contribution in [2.45, 2.75) is 57.9 Å². The first-order valence-corrected chi connectivity index (χ1v) is 7.48. The Kier molecular flexibility index (Phi) is 4.40. The highest BCUT2D eigenvalue weighted by atomic mass is 32.1. The van der Waals surface area contributed by atoms with Crippen LogP contribution in [0, 0.1) is 0 Å². The van der Waals surface area contributed by atoms with Crippen molar-refractivity contribution in [1.82, 2.24) is 4.57 Å². The highest BCUT2D eigenvalue weighted by Crippen LogP contribution is 2.29. The summed E-state index contributed by atoms with van der Waals surface area (Å²) in [5.74, 6) is 0.329. The molecule has 1 aliphatic carbocycles. The number of aromatic nitrogens is 1. The lowest BCUT2D eigenvalue weighted by Crippen LogP contribution is -2.34. The van der Waals surface area contributed by atoms with Crippen molar-refractivity contribution in [2.75, 3.05) is 0 Å². The van der Waals surface area contributed by atoms with Gasteiger partial charge in [0.25, 0.3) is 5.56 Å². The zero-order valence-corrected chi connectivity index (χ0v) is 12.5. The number of hydrogen-bond donors (Lipinski definition) is 1. The summed E-state index contributed by atoms with van der Waals surface area (Å²) in [7, 11) is 0. The van der Waals surface area contributed by atoms with E-state index in [1.54, 1.807) is 6.07 Å². The summed E-state index contributed by atoms with van der Waals surface area (Å²) in [5.41, 5.74) is 7.22. The van der Waals surface area contributed by atoms with Gasteiger partial charge in [-0.3, -0.25) is 4.79 Å². The Morgan fingerprint density at radius 1 is 1.32 bits per heavy atom. The van der Waals surface area contributed by atoms with Crippen molar-refractivity contribution in [1.29, 1.82) is 0 Å². The molecule has 0 aliphatic heterocycles. The first kappa shape index (κ1) is 14.3. The third-order valence-electron chi connectivity index (χ3n) is 3.94. The minimum Gasteiger partial charge on any atom is -0.389 e. The molecule has 0 amide bonds. The maximum absolute atomic E-state index is 12.6. The number of rotatable bonds is 3. The second kappa shape index (κ2) is 5.87. The van der Waals surface area contributed by atoms with Crippen LogP contribution in [0.4, 0.5) is 0 Å². The van der Waals surface area contributed by atoms with Crippen molar-refractivity contribution in [2.24, 2.45) is 5.73 Å². The van der Waals surface area contributed by atoms with Gasteiger partial charge in [-0.15, -0.1) is 0 Å². The van der Waals surface area contributed by atoms with Crippen LogP contribution in [0.3, 0.4) is 0 Å². The third-order valence-corrected chi connectivity index (χ3v) is 4.16. The Morgan fingerprint density at radius 2 is 1.95 bits per heavy atom. The standard InChI is InChI=1S/C15H22N2OS/c1-10(2)13-9-8-12(14(16)19)15(18)17(13)11-6-4-3-5-7-11/h8-11H,3-7H2,1-2H3,(H2,16,19). The van der Waals surface area contributed by atoms with Gasteiger partial charge in [-0.2, -0.15) is 0 Å². The Bertz CT molecular complexity index is 527. The summed E-state index contributed by atoms with van der Waals surface area (Å²) < 4.78 is 1.96. The van der Waals surface area contributed by atoms with E-state index in [4.69, 9.17) is 18.0 Å². The predicted octanol–water partition coefficient (Wildman–Crippen LogP) is 3.11. The van der Waals surface area contributed by atoms with E-state index in [2.05, 4.69) is 13.8 Å². The van der Waals surface area contributed by atoms with Crippen LogP contribution in [0.1, 0.15) is 69.2 Å². The molecule has 2 rings (SSSR count). The first-order valence-electron chi connectivity index (χ1n) is 7.07. The topological polar surface area (TPSA) is 48.0 Å². The SMILES string of the molecule is CC(C)c1ccc(C(N)=S)c(=O)n1C1CCCCC1. The molecular weight excluding hydrogens is 256 g/mol. The van der Waals surface area contributed by atoms with E-state index in [-0.39, 0.29) is 10.5 Å². The van der Waals surface area contributed by atoms with Gasteiger partial charge < -0.3 is 10.3 Å². The van der Waals surface area contributed by atoms with Crippen LogP contribution >= 0.6 is 12.2 Å². The molecule has 1 aromatic rings. The third kappa shape index (κ3) is 2.89. The van der Waals surface area contributed by atoms with Crippen molar-refractivity contribution >= 4 is 17.2 Å². The van der Waals surface area contributed by atoms with Gasteiger partial charge in [0.15, 0.2) is 0 Å². The second-order valence-corrected chi connectivity index (χ2v) is 6.10.